The molecule has 3 unspecified atom stereocenters. The van der Waals surface area contributed by atoms with E-state index in [0.29, 0.717) is 32.4 Å². The van der Waals surface area contributed by atoms with E-state index in [1.165, 1.54) is 4.31 Å². The Balaban J connectivity index is 1.27. The smallest absolute Gasteiger partial charge is 0.243 e. The van der Waals surface area contributed by atoms with Crippen LogP contribution in [0.2, 0.25) is 0 Å². The van der Waals surface area contributed by atoms with Crippen LogP contribution in [0.1, 0.15) is 51.0 Å². The van der Waals surface area contributed by atoms with Gasteiger partial charge in [-0.05, 0) is 75.6 Å². The van der Waals surface area contributed by atoms with E-state index >= 15 is 0 Å². The van der Waals surface area contributed by atoms with Crippen molar-refractivity contribution in [2.24, 2.45) is 11.8 Å². The third-order valence-corrected chi connectivity index (χ3v) is 9.21. The lowest BCUT2D eigenvalue weighted by Gasteiger charge is -2.31. The van der Waals surface area contributed by atoms with Crippen LogP contribution in [0.25, 0.3) is 0 Å². The predicted octanol–water partition coefficient (Wildman–Crippen LogP) is 2.07. The van der Waals surface area contributed by atoms with Crippen molar-refractivity contribution >= 4 is 27.5 Å². The third kappa shape index (κ3) is 4.55. The van der Waals surface area contributed by atoms with E-state index in [-0.39, 0.29) is 47.2 Å². The fourth-order valence-electron chi connectivity index (χ4n) is 5.32. The van der Waals surface area contributed by atoms with Gasteiger partial charge in [0, 0.05) is 43.9 Å². The molecule has 1 saturated carbocycles. The van der Waals surface area contributed by atoms with Gasteiger partial charge in [-0.2, -0.15) is 4.31 Å². The highest BCUT2D eigenvalue weighted by Gasteiger charge is 2.40. The molecule has 0 aromatic heterocycles. The first kappa shape index (κ1) is 22.8. The topological polar surface area (TPSA) is 96.0 Å². The molecular weight excluding hydrogens is 442 g/mol. The molecule has 1 N–H and O–H groups in total. The molecule has 3 aliphatic heterocycles. The minimum Gasteiger partial charge on any atom is -0.376 e. The number of ether oxygens (including phenoxy) is 1. The quantitative estimate of drug-likeness (QED) is 0.680. The molecule has 3 heterocycles. The Morgan fingerprint density at radius 1 is 1.12 bits per heavy atom. The molecule has 0 bridgehead atoms. The number of benzene rings is 1. The van der Waals surface area contributed by atoms with Gasteiger partial charge in [-0.1, -0.05) is 0 Å². The van der Waals surface area contributed by atoms with Crippen LogP contribution in [0.4, 0.5) is 5.69 Å². The molecule has 4 aliphatic rings. The van der Waals surface area contributed by atoms with Crippen molar-refractivity contribution in [3.63, 3.8) is 0 Å². The monoisotopic (exact) mass is 475 g/mol. The number of nitrogens with one attached hydrogen (secondary N) is 1. The molecule has 33 heavy (non-hydrogen) atoms. The Kier molecular flexibility index (Phi) is 6.22. The highest BCUT2D eigenvalue weighted by atomic mass is 32.2. The first-order valence-corrected chi connectivity index (χ1v) is 13.6. The van der Waals surface area contributed by atoms with E-state index in [4.69, 9.17) is 4.74 Å². The lowest BCUT2D eigenvalue weighted by atomic mass is 9.99. The fraction of sp³-hybridized carbons (Fsp3) is 0.667. The van der Waals surface area contributed by atoms with Crippen LogP contribution >= 0.6 is 0 Å². The van der Waals surface area contributed by atoms with Crippen molar-refractivity contribution in [1.29, 1.82) is 0 Å². The largest absolute Gasteiger partial charge is 0.376 e. The van der Waals surface area contributed by atoms with Gasteiger partial charge in [-0.15, -0.1) is 0 Å². The van der Waals surface area contributed by atoms with Crippen LogP contribution in [-0.4, -0.2) is 62.9 Å². The molecule has 1 aromatic carbocycles. The summed E-state index contributed by atoms with van der Waals surface area (Å²) in [4.78, 5) is 27.5. The van der Waals surface area contributed by atoms with E-state index in [2.05, 4.69) is 5.32 Å². The maximum atomic E-state index is 13.4. The van der Waals surface area contributed by atoms with Gasteiger partial charge >= 0.3 is 0 Å². The maximum Gasteiger partial charge on any atom is 0.243 e. The van der Waals surface area contributed by atoms with Crippen LogP contribution < -0.4 is 10.2 Å². The first-order valence-electron chi connectivity index (χ1n) is 12.2. The van der Waals surface area contributed by atoms with Crippen LogP contribution in [0, 0.1) is 11.8 Å². The molecule has 2 amide bonds. The zero-order valence-corrected chi connectivity index (χ0v) is 20.0. The fourth-order valence-corrected chi connectivity index (χ4v) is 6.89. The molecule has 0 spiro atoms. The zero-order chi connectivity index (χ0) is 23.2. The molecule has 180 valence electrons. The number of fused-ring (bicyclic) bond motifs is 1. The number of rotatable bonds is 6. The maximum absolute atomic E-state index is 13.4. The van der Waals surface area contributed by atoms with Crippen LogP contribution in [-0.2, 0) is 30.8 Å². The number of piperidine rings is 1. The van der Waals surface area contributed by atoms with E-state index < -0.39 is 10.0 Å². The molecule has 9 heteroatoms. The highest BCUT2D eigenvalue weighted by molar-refractivity contribution is 7.89. The molecule has 2 saturated heterocycles. The van der Waals surface area contributed by atoms with Crippen molar-refractivity contribution < 1.29 is 22.7 Å². The molecule has 1 aliphatic carbocycles. The normalized spacial score (nSPS) is 28.0. The Bertz CT molecular complexity index is 1030. The van der Waals surface area contributed by atoms with Gasteiger partial charge in [-0.25, -0.2) is 8.42 Å². The average Bonchev–Trinajstić information content (AvgIpc) is 3.43. The summed E-state index contributed by atoms with van der Waals surface area (Å²) in [6, 6.07) is 5.16. The van der Waals surface area contributed by atoms with E-state index in [1.807, 2.05) is 11.8 Å². The average molecular weight is 476 g/mol. The predicted molar refractivity (Wildman–Crippen MR) is 123 cm³/mol. The second-order valence-corrected chi connectivity index (χ2v) is 11.8. The molecule has 3 fully saturated rings. The van der Waals surface area contributed by atoms with Gasteiger partial charge in [0.15, 0.2) is 0 Å². The number of amides is 2. The van der Waals surface area contributed by atoms with E-state index in [1.54, 1.807) is 18.2 Å². The number of nitrogens with zero attached hydrogens (tertiary/aromatic N) is 2. The Morgan fingerprint density at radius 2 is 1.94 bits per heavy atom. The lowest BCUT2D eigenvalue weighted by molar-refractivity contribution is -0.126. The molecule has 5 rings (SSSR count). The number of hydrogen-bond acceptors (Lipinski definition) is 5. The van der Waals surface area contributed by atoms with Gasteiger partial charge in [0.25, 0.3) is 0 Å². The van der Waals surface area contributed by atoms with Gasteiger partial charge in [0.2, 0.25) is 21.8 Å². The van der Waals surface area contributed by atoms with Crippen molar-refractivity contribution in [2.45, 2.75) is 68.9 Å². The summed E-state index contributed by atoms with van der Waals surface area (Å²) in [5, 5.41) is 2.95. The van der Waals surface area contributed by atoms with E-state index in [0.717, 1.165) is 43.5 Å². The standard InChI is InChI=1S/C24H33N3O5S/c1-16-12-19-13-21(8-9-22(19)27(16)24(29)17-6-7-17)33(30,31)26-10-2-4-18(15-26)23(28)25-14-20-5-3-11-32-20/h8-9,13,16-18,20H,2-7,10-12,14-15H2,1H3,(H,25,28). The van der Waals surface area contributed by atoms with Crippen LogP contribution in [0.3, 0.4) is 0 Å². The number of sulfonamides is 1. The van der Waals surface area contributed by atoms with Crippen LogP contribution in [0.5, 0.6) is 0 Å². The van der Waals surface area contributed by atoms with Crippen LogP contribution in [0.15, 0.2) is 23.1 Å². The molecule has 1 aromatic rings. The van der Waals surface area contributed by atoms with Gasteiger partial charge < -0.3 is 15.0 Å². The second-order valence-electron chi connectivity index (χ2n) is 9.91. The number of carbonyl (C=O) groups is 2. The molecule has 3 atom stereocenters. The Hall–Kier alpha value is -1.97. The van der Waals surface area contributed by atoms with Gasteiger partial charge in [0.05, 0.1) is 16.9 Å². The zero-order valence-electron chi connectivity index (χ0n) is 19.2. The van der Waals surface area contributed by atoms with Gasteiger partial charge in [0.1, 0.15) is 0 Å². The van der Waals surface area contributed by atoms with Crippen molar-refractivity contribution in [2.75, 3.05) is 31.1 Å². The molecule has 0 radical (unpaired) electrons. The van der Waals surface area contributed by atoms with Crippen molar-refractivity contribution in [1.82, 2.24) is 9.62 Å². The summed E-state index contributed by atoms with van der Waals surface area (Å²) in [5.74, 6) is -0.165. The minimum atomic E-state index is -3.71. The molecule has 8 nitrogen and oxygen atoms in total. The molecular formula is C24H33N3O5S. The summed E-state index contributed by atoms with van der Waals surface area (Å²) in [5.41, 5.74) is 1.74. The first-order chi connectivity index (χ1) is 15.8. The summed E-state index contributed by atoms with van der Waals surface area (Å²) in [7, 11) is -3.71. The SMILES string of the molecule is CC1Cc2cc(S(=O)(=O)N3CCCC(C(=O)NCC4CCCO4)C3)ccc2N1C(=O)C1CC1. The number of hydrogen-bond donors (Lipinski definition) is 1. The second kappa shape index (κ2) is 9.00. The number of carbonyl (C=O) groups excluding carboxylic acids is 2. The third-order valence-electron chi connectivity index (χ3n) is 7.35. The number of anilines is 1. The summed E-state index contributed by atoms with van der Waals surface area (Å²) >= 11 is 0. The lowest BCUT2D eigenvalue weighted by Crippen LogP contribution is -2.46. The highest BCUT2D eigenvalue weighted by Crippen LogP contribution is 2.40. The van der Waals surface area contributed by atoms with Gasteiger partial charge in [-0.3, -0.25) is 9.59 Å². The summed E-state index contributed by atoms with van der Waals surface area (Å²) in [6.45, 7) is 3.85. The van der Waals surface area contributed by atoms with Crippen molar-refractivity contribution in [3.05, 3.63) is 23.8 Å². The van der Waals surface area contributed by atoms with Crippen molar-refractivity contribution in [3.8, 4) is 0 Å². The van der Waals surface area contributed by atoms with E-state index in [9.17, 15) is 18.0 Å². The summed E-state index contributed by atoms with van der Waals surface area (Å²) in [6.07, 6.45) is 5.92. The Labute approximate surface area is 195 Å². The Morgan fingerprint density at radius 3 is 2.67 bits per heavy atom. The minimum absolute atomic E-state index is 0.0398. The summed E-state index contributed by atoms with van der Waals surface area (Å²) < 4.78 is 33.9.